The van der Waals surface area contributed by atoms with Crippen molar-refractivity contribution in [2.24, 2.45) is 23.0 Å². The summed E-state index contributed by atoms with van der Waals surface area (Å²) in [4.78, 5) is 19.4. The molecule has 5 N–H and O–H groups in total. The number of nitrogens with one attached hydrogen (secondary N) is 2. The number of nitro groups is 1. The lowest BCUT2D eigenvalue weighted by Gasteiger charge is -2.40. The molecule has 162 valence electrons. The van der Waals surface area contributed by atoms with Crippen molar-refractivity contribution in [3.8, 4) is 0 Å². The average molecular weight is 407 g/mol. The van der Waals surface area contributed by atoms with E-state index in [9.17, 15) is 15.2 Å². The molecule has 0 unspecified atom stereocenters. The quantitative estimate of drug-likeness (QED) is 0.400. The number of aliphatic hydroxyl groups is 1. The smallest absolute Gasteiger partial charge is 0.329 e. The van der Waals surface area contributed by atoms with Gasteiger partial charge in [-0.2, -0.15) is 4.98 Å². The Morgan fingerprint density at radius 1 is 1.24 bits per heavy atom. The van der Waals surface area contributed by atoms with Crippen LogP contribution < -0.4 is 16.4 Å². The van der Waals surface area contributed by atoms with Gasteiger partial charge in [0, 0.05) is 19.1 Å². The Labute approximate surface area is 172 Å². The summed E-state index contributed by atoms with van der Waals surface area (Å²) in [6.45, 7) is 5.70. The van der Waals surface area contributed by atoms with Gasteiger partial charge in [0.25, 0.3) is 0 Å². The van der Waals surface area contributed by atoms with Crippen LogP contribution >= 0.6 is 0 Å². The second-order valence-corrected chi connectivity index (χ2v) is 9.34. The minimum absolute atomic E-state index is 0.114. The van der Waals surface area contributed by atoms with Crippen molar-refractivity contribution in [1.29, 1.82) is 0 Å². The molecule has 2 atom stereocenters. The van der Waals surface area contributed by atoms with Gasteiger partial charge in [-0.25, -0.2) is 4.98 Å². The van der Waals surface area contributed by atoms with Crippen molar-refractivity contribution in [3.63, 3.8) is 0 Å². The Morgan fingerprint density at radius 2 is 1.97 bits per heavy atom. The molecule has 0 aliphatic heterocycles. The zero-order chi connectivity index (χ0) is 21.0. The summed E-state index contributed by atoms with van der Waals surface area (Å²) in [5, 5.41) is 27.8. The van der Waals surface area contributed by atoms with Crippen LogP contribution in [0.25, 0.3) is 0 Å². The highest BCUT2D eigenvalue weighted by atomic mass is 16.6. The van der Waals surface area contributed by atoms with Crippen molar-refractivity contribution in [2.75, 3.05) is 23.7 Å². The van der Waals surface area contributed by atoms with E-state index in [0.717, 1.165) is 44.9 Å². The average Bonchev–Trinajstić information content (AvgIpc) is 2.68. The molecule has 2 aliphatic rings. The summed E-state index contributed by atoms with van der Waals surface area (Å²) >= 11 is 0. The molecule has 2 fully saturated rings. The van der Waals surface area contributed by atoms with Gasteiger partial charge < -0.3 is 21.5 Å². The monoisotopic (exact) mass is 406 g/mol. The Kier molecular flexibility index (Phi) is 6.89. The number of anilines is 2. The molecule has 0 aromatic carbocycles. The lowest BCUT2D eigenvalue weighted by atomic mass is 9.68. The number of aromatic nitrogens is 2. The molecule has 0 saturated heterocycles. The van der Waals surface area contributed by atoms with E-state index in [2.05, 4.69) is 34.4 Å². The molecule has 1 heterocycles. The maximum absolute atomic E-state index is 11.4. The van der Waals surface area contributed by atoms with Gasteiger partial charge in [-0.3, -0.25) is 10.1 Å². The van der Waals surface area contributed by atoms with Gasteiger partial charge in [0.2, 0.25) is 11.8 Å². The normalized spacial score (nSPS) is 29.2. The molecule has 0 radical (unpaired) electrons. The van der Waals surface area contributed by atoms with Crippen LogP contribution in [-0.2, 0) is 0 Å². The fourth-order valence-corrected chi connectivity index (χ4v) is 4.44. The zero-order valence-corrected chi connectivity index (χ0v) is 17.4. The minimum atomic E-state index is -0.455. The lowest BCUT2D eigenvalue weighted by molar-refractivity contribution is -0.384. The van der Waals surface area contributed by atoms with Crippen LogP contribution in [0.5, 0.6) is 0 Å². The van der Waals surface area contributed by atoms with E-state index in [1.165, 1.54) is 6.20 Å². The molecule has 9 heteroatoms. The number of aliphatic hydroxyl groups excluding tert-OH is 1. The molecule has 9 nitrogen and oxygen atoms in total. The van der Waals surface area contributed by atoms with E-state index in [-0.39, 0.29) is 35.0 Å². The van der Waals surface area contributed by atoms with Crippen molar-refractivity contribution in [1.82, 2.24) is 9.97 Å². The van der Waals surface area contributed by atoms with Crippen LogP contribution in [-0.4, -0.2) is 45.2 Å². The molecule has 0 spiro atoms. The highest BCUT2D eigenvalue weighted by molar-refractivity contribution is 5.57. The Bertz CT molecular complexity index is 705. The Balaban J connectivity index is 1.63. The van der Waals surface area contributed by atoms with Crippen LogP contribution in [0.15, 0.2) is 6.20 Å². The van der Waals surface area contributed by atoms with Gasteiger partial charge in [0.1, 0.15) is 6.20 Å². The Hall–Kier alpha value is -2.00. The molecule has 2 aliphatic carbocycles. The predicted molar refractivity (Wildman–Crippen MR) is 113 cm³/mol. The fourth-order valence-electron chi connectivity index (χ4n) is 4.44. The number of hydrogen-bond acceptors (Lipinski definition) is 8. The largest absolute Gasteiger partial charge is 0.393 e. The van der Waals surface area contributed by atoms with Gasteiger partial charge in [-0.05, 0) is 62.2 Å². The second-order valence-electron chi connectivity index (χ2n) is 9.34. The highest BCUT2D eigenvalue weighted by Crippen LogP contribution is 2.40. The molecular weight excluding hydrogens is 372 g/mol. The first-order valence-electron chi connectivity index (χ1n) is 10.7. The van der Waals surface area contributed by atoms with Crippen molar-refractivity contribution >= 4 is 17.5 Å². The van der Waals surface area contributed by atoms with Gasteiger partial charge in [-0.1, -0.05) is 13.8 Å². The summed E-state index contributed by atoms with van der Waals surface area (Å²) in [5.74, 6) is 1.36. The molecule has 1 aromatic heterocycles. The van der Waals surface area contributed by atoms with E-state index in [1.54, 1.807) is 0 Å². The third-order valence-electron chi connectivity index (χ3n) is 6.71. The maximum atomic E-state index is 11.4. The number of nitrogens with two attached hydrogens (primary N) is 1. The molecule has 3 rings (SSSR count). The highest BCUT2D eigenvalue weighted by Gasteiger charge is 2.35. The third kappa shape index (κ3) is 5.76. The number of hydrogen-bond donors (Lipinski definition) is 4. The van der Waals surface area contributed by atoms with Crippen molar-refractivity contribution in [2.45, 2.75) is 70.9 Å². The summed E-state index contributed by atoms with van der Waals surface area (Å²) in [5.41, 5.74) is 5.96. The topological polar surface area (TPSA) is 139 Å². The predicted octanol–water partition coefficient (Wildman–Crippen LogP) is 2.91. The zero-order valence-electron chi connectivity index (χ0n) is 17.4. The molecule has 2 saturated carbocycles. The van der Waals surface area contributed by atoms with Crippen LogP contribution in [0, 0.1) is 27.4 Å². The third-order valence-corrected chi connectivity index (χ3v) is 6.71. The molecule has 1 aromatic rings. The SMILES string of the molecule is CC1(C)CC[C@@H](O)C[C@H]1CNc1ncc([N+](=O)[O-])c(NC[C@H]2CC[C@H](N)CC2)n1. The second kappa shape index (κ2) is 9.21. The summed E-state index contributed by atoms with van der Waals surface area (Å²) < 4.78 is 0. The van der Waals surface area contributed by atoms with Gasteiger partial charge in [0.05, 0.1) is 11.0 Å². The van der Waals surface area contributed by atoms with E-state index < -0.39 is 4.92 Å². The first-order valence-corrected chi connectivity index (χ1v) is 10.7. The molecule has 0 amide bonds. The number of rotatable bonds is 7. The van der Waals surface area contributed by atoms with Gasteiger partial charge >= 0.3 is 5.69 Å². The standard InChI is InChI=1S/C20H34N6O3/c1-20(2)8-7-16(27)9-14(20)11-23-19-24-12-17(26(28)29)18(25-19)22-10-13-3-5-15(21)6-4-13/h12-16,27H,3-11,21H2,1-2H3,(H2,22,23,24,25)/t13-,14-,15-,16+/m0/s1. The maximum Gasteiger partial charge on any atom is 0.329 e. The minimum Gasteiger partial charge on any atom is -0.393 e. The first kappa shape index (κ1) is 21.7. The van der Waals surface area contributed by atoms with Crippen molar-refractivity contribution < 1.29 is 10.0 Å². The van der Waals surface area contributed by atoms with Gasteiger partial charge in [0.15, 0.2) is 0 Å². The fraction of sp³-hybridized carbons (Fsp3) is 0.800. The molecule has 0 bridgehead atoms. The lowest BCUT2D eigenvalue weighted by Crippen LogP contribution is -2.38. The summed E-state index contributed by atoms with van der Waals surface area (Å²) in [6, 6.07) is 0.276. The number of nitrogens with zero attached hydrogens (tertiary/aromatic N) is 3. The molecular formula is C20H34N6O3. The van der Waals surface area contributed by atoms with E-state index >= 15 is 0 Å². The van der Waals surface area contributed by atoms with Crippen LogP contribution in [0.3, 0.4) is 0 Å². The van der Waals surface area contributed by atoms with Gasteiger partial charge in [-0.15, -0.1) is 0 Å². The van der Waals surface area contributed by atoms with Crippen LogP contribution in [0.2, 0.25) is 0 Å². The molecule has 29 heavy (non-hydrogen) atoms. The first-order chi connectivity index (χ1) is 13.7. The van der Waals surface area contributed by atoms with Crippen LogP contribution in [0.1, 0.15) is 58.8 Å². The van der Waals surface area contributed by atoms with Crippen molar-refractivity contribution in [3.05, 3.63) is 16.3 Å². The summed E-state index contributed by atoms with van der Waals surface area (Å²) in [6.07, 6.45) is 7.57. The van der Waals surface area contributed by atoms with E-state index in [1.807, 2.05) is 0 Å². The summed E-state index contributed by atoms with van der Waals surface area (Å²) in [7, 11) is 0. The van der Waals surface area contributed by atoms with E-state index in [0.29, 0.717) is 25.0 Å². The Morgan fingerprint density at radius 3 is 2.66 bits per heavy atom. The van der Waals surface area contributed by atoms with Crippen LogP contribution in [0.4, 0.5) is 17.5 Å². The van der Waals surface area contributed by atoms with E-state index in [4.69, 9.17) is 5.73 Å².